The first-order valence-corrected chi connectivity index (χ1v) is 8.34. The lowest BCUT2D eigenvalue weighted by Crippen LogP contribution is -2.01. The van der Waals surface area contributed by atoms with Gasteiger partial charge in [-0.05, 0) is 24.7 Å². The summed E-state index contributed by atoms with van der Waals surface area (Å²) in [5, 5.41) is 11.2. The first-order chi connectivity index (χ1) is 10.2. The van der Waals surface area contributed by atoms with Crippen molar-refractivity contribution in [2.45, 2.75) is 44.9 Å². The summed E-state index contributed by atoms with van der Waals surface area (Å²) in [6.07, 6.45) is 8.01. The molecule has 0 radical (unpaired) electrons. The van der Waals surface area contributed by atoms with E-state index in [2.05, 4.69) is 12.6 Å². The van der Waals surface area contributed by atoms with E-state index in [1.54, 1.807) is 12.1 Å². The van der Waals surface area contributed by atoms with E-state index >= 15 is 0 Å². The number of unbranched alkanes of at least 4 members (excludes halogenated alkanes) is 6. The third-order valence-electron chi connectivity index (χ3n) is 3.19. The maximum absolute atomic E-state index is 10.9. The highest BCUT2D eigenvalue weighted by Gasteiger charge is 2.17. The smallest absolute Gasteiger partial charge is 0.312 e. The molecule has 6 heteroatoms. The molecule has 0 saturated heterocycles. The molecule has 1 aromatic rings. The van der Waals surface area contributed by atoms with Crippen LogP contribution in [0.2, 0.25) is 5.02 Å². The van der Waals surface area contributed by atoms with E-state index in [4.69, 9.17) is 16.3 Å². The van der Waals surface area contributed by atoms with Crippen LogP contribution >= 0.6 is 24.2 Å². The monoisotopic (exact) mass is 331 g/mol. The van der Waals surface area contributed by atoms with Gasteiger partial charge >= 0.3 is 5.69 Å². The zero-order chi connectivity index (χ0) is 15.5. The summed E-state index contributed by atoms with van der Waals surface area (Å²) in [5.41, 5.74) is -0.0748. The van der Waals surface area contributed by atoms with E-state index in [0.29, 0.717) is 6.61 Å². The minimum atomic E-state index is -0.470. The van der Waals surface area contributed by atoms with Gasteiger partial charge in [-0.25, -0.2) is 0 Å². The SMILES string of the molecule is O=[N+]([O-])c1cccc(Cl)c1OCCCCCCCCCS. The number of rotatable bonds is 11. The Hall–Kier alpha value is -0.940. The Bertz CT molecular complexity index is 443. The lowest BCUT2D eigenvalue weighted by atomic mass is 10.1. The van der Waals surface area contributed by atoms with Crippen LogP contribution in [0.15, 0.2) is 18.2 Å². The Kier molecular flexibility index (Phi) is 9.26. The number of nitro groups is 1. The highest BCUT2D eigenvalue weighted by Crippen LogP contribution is 2.34. The zero-order valence-corrected chi connectivity index (χ0v) is 13.7. The van der Waals surface area contributed by atoms with Crippen LogP contribution in [0.4, 0.5) is 5.69 Å². The van der Waals surface area contributed by atoms with Gasteiger partial charge in [-0.2, -0.15) is 12.6 Å². The predicted molar refractivity (Wildman–Crippen MR) is 89.8 cm³/mol. The largest absolute Gasteiger partial charge is 0.486 e. The van der Waals surface area contributed by atoms with Gasteiger partial charge in [0.15, 0.2) is 0 Å². The van der Waals surface area contributed by atoms with Crippen LogP contribution in [0.5, 0.6) is 5.75 Å². The van der Waals surface area contributed by atoms with Gasteiger partial charge in [0.1, 0.15) is 0 Å². The number of nitro benzene ring substituents is 1. The standard InChI is InChI=1S/C15H22ClNO3S/c16-13-9-8-10-14(17(18)19)15(13)20-11-6-4-2-1-3-5-7-12-21/h8-10,21H,1-7,11-12H2. The molecule has 21 heavy (non-hydrogen) atoms. The Morgan fingerprint density at radius 3 is 2.33 bits per heavy atom. The Labute approximate surface area is 136 Å². The number of thiol groups is 1. The number of benzene rings is 1. The van der Waals surface area contributed by atoms with Gasteiger partial charge in [0.2, 0.25) is 5.75 Å². The number of hydrogen-bond acceptors (Lipinski definition) is 4. The molecule has 0 amide bonds. The van der Waals surface area contributed by atoms with Crippen molar-refractivity contribution in [1.29, 1.82) is 0 Å². The Morgan fingerprint density at radius 1 is 1.10 bits per heavy atom. The molecule has 0 N–H and O–H groups in total. The number of para-hydroxylation sites is 1. The fourth-order valence-corrected chi connectivity index (χ4v) is 2.50. The topological polar surface area (TPSA) is 52.4 Å². The van der Waals surface area contributed by atoms with E-state index in [-0.39, 0.29) is 16.5 Å². The molecular weight excluding hydrogens is 310 g/mol. The van der Waals surface area contributed by atoms with Crippen LogP contribution in [-0.4, -0.2) is 17.3 Å². The molecule has 1 aromatic carbocycles. The average molecular weight is 332 g/mol. The van der Waals surface area contributed by atoms with Crippen molar-refractivity contribution in [3.05, 3.63) is 33.3 Å². The van der Waals surface area contributed by atoms with Gasteiger partial charge in [-0.15, -0.1) is 0 Å². The molecule has 0 spiro atoms. The van der Waals surface area contributed by atoms with Crippen molar-refractivity contribution in [1.82, 2.24) is 0 Å². The maximum Gasteiger partial charge on any atom is 0.312 e. The van der Waals surface area contributed by atoms with E-state index in [0.717, 1.165) is 18.6 Å². The summed E-state index contributed by atoms with van der Waals surface area (Å²) in [5.74, 6) is 1.14. The summed E-state index contributed by atoms with van der Waals surface area (Å²) in [7, 11) is 0. The lowest BCUT2D eigenvalue weighted by molar-refractivity contribution is -0.385. The molecule has 4 nitrogen and oxygen atoms in total. The summed E-state index contributed by atoms with van der Waals surface area (Å²) in [4.78, 5) is 10.4. The second kappa shape index (κ2) is 10.7. The van der Waals surface area contributed by atoms with Gasteiger partial charge in [0.25, 0.3) is 0 Å². The number of ether oxygens (including phenoxy) is 1. The third kappa shape index (κ3) is 7.05. The van der Waals surface area contributed by atoms with Crippen molar-refractivity contribution >= 4 is 29.9 Å². The fourth-order valence-electron chi connectivity index (χ4n) is 2.06. The third-order valence-corrected chi connectivity index (χ3v) is 3.81. The second-order valence-electron chi connectivity index (χ2n) is 4.89. The van der Waals surface area contributed by atoms with Gasteiger partial charge in [-0.1, -0.05) is 49.8 Å². The molecule has 118 valence electrons. The van der Waals surface area contributed by atoms with Crippen LogP contribution in [0.25, 0.3) is 0 Å². The van der Waals surface area contributed by atoms with Crippen molar-refractivity contribution in [2.24, 2.45) is 0 Å². The Morgan fingerprint density at radius 2 is 1.71 bits per heavy atom. The van der Waals surface area contributed by atoms with Crippen molar-refractivity contribution < 1.29 is 9.66 Å². The van der Waals surface area contributed by atoms with Crippen LogP contribution in [0.1, 0.15) is 44.9 Å². The molecule has 0 aliphatic heterocycles. The van der Waals surface area contributed by atoms with Gasteiger partial charge < -0.3 is 4.74 Å². The highest BCUT2D eigenvalue weighted by atomic mass is 35.5. The number of hydrogen-bond donors (Lipinski definition) is 1. The first kappa shape index (κ1) is 18.1. The number of nitrogens with zero attached hydrogens (tertiary/aromatic N) is 1. The normalized spacial score (nSPS) is 10.6. The summed E-state index contributed by atoms with van der Waals surface area (Å²) in [6.45, 7) is 0.460. The maximum atomic E-state index is 10.9. The molecule has 0 saturated carbocycles. The van der Waals surface area contributed by atoms with E-state index in [1.165, 1.54) is 38.2 Å². The van der Waals surface area contributed by atoms with Gasteiger partial charge in [0, 0.05) is 6.07 Å². The van der Waals surface area contributed by atoms with Crippen molar-refractivity contribution in [3.8, 4) is 5.75 Å². The molecule has 0 heterocycles. The molecule has 0 fully saturated rings. The molecule has 1 rings (SSSR count). The summed E-state index contributed by atoms with van der Waals surface area (Å²) in [6, 6.07) is 4.56. The van der Waals surface area contributed by atoms with Crippen LogP contribution in [0.3, 0.4) is 0 Å². The highest BCUT2D eigenvalue weighted by molar-refractivity contribution is 7.80. The molecule has 0 aromatic heterocycles. The second-order valence-corrected chi connectivity index (χ2v) is 5.75. The minimum absolute atomic E-state index is 0.0748. The van der Waals surface area contributed by atoms with Crippen LogP contribution in [0, 0.1) is 10.1 Å². The van der Waals surface area contributed by atoms with Crippen molar-refractivity contribution in [2.75, 3.05) is 12.4 Å². The summed E-state index contributed by atoms with van der Waals surface area (Å²) < 4.78 is 5.49. The molecule has 0 bridgehead atoms. The first-order valence-electron chi connectivity index (χ1n) is 7.33. The average Bonchev–Trinajstić information content (AvgIpc) is 2.46. The van der Waals surface area contributed by atoms with Gasteiger partial charge in [0.05, 0.1) is 16.6 Å². The van der Waals surface area contributed by atoms with E-state index in [1.807, 2.05) is 0 Å². The number of halogens is 1. The van der Waals surface area contributed by atoms with E-state index in [9.17, 15) is 10.1 Å². The zero-order valence-electron chi connectivity index (χ0n) is 12.1. The molecule has 0 unspecified atom stereocenters. The Balaban J connectivity index is 2.23. The minimum Gasteiger partial charge on any atom is -0.486 e. The quantitative estimate of drug-likeness (QED) is 0.259. The molecule has 0 atom stereocenters. The van der Waals surface area contributed by atoms with Crippen LogP contribution < -0.4 is 4.74 Å². The van der Waals surface area contributed by atoms with E-state index < -0.39 is 4.92 Å². The van der Waals surface area contributed by atoms with Crippen LogP contribution in [-0.2, 0) is 0 Å². The molecule has 0 aliphatic carbocycles. The molecule has 0 aliphatic rings. The van der Waals surface area contributed by atoms with Gasteiger partial charge in [-0.3, -0.25) is 10.1 Å². The van der Waals surface area contributed by atoms with Crippen molar-refractivity contribution in [3.63, 3.8) is 0 Å². The molecular formula is C15H22ClNO3S. The predicted octanol–water partition coefficient (Wildman–Crippen LogP) is 5.29. The summed E-state index contributed by atoms with van der Waals surface area (Å²) >= 11 is 10.1. The fraction of sp³-hybridized carbons (Fsp3) is 0.600. The lowest BCUT2D eigenvalue weighted by Gasteiger charge is -2.08.